The summed E-state index contributed by atoms with van der Waals surface area (Å²) in [6, 6.07) is 13.8. The Balaban J connectivity index is 1.83. The lowest BCUT2D eigenvalue weighted by Crippen LogP contribution is -1.97. The van der Waals surface area contributed by atoms with Crippen molar-refractivity contribution in [3.63, 3.8) is 0 Å². The fraction of sp³-hybridized carbons (Fsp3) is 0.0556. The molecule has 1 N–H and O–H groups in total. The molecule has 0 spiro atoms. The standard InChI is InChI=1S/C18H12N2O5/c1-23-11-8-6-10(7-9-11)19-20-17-15(21)14-16(25-17)12-4-2-3-5-13(12)24-18(14)22/h2-9,21H,1H3. The van der Waals surface area contributed by atoms with Gasteiger partial charge in [-0.25, -0.2) is 4.79 Å². The van der Waals surface area contributed by atoms with E-state index in [0.29, 0.717) is 22.4 Å². The molecule has 0 atom stereocenters. The van der Waals surface area contributed by atoms with Crippen molar-refractivity contribution in [3.05, 3.63) is 59.0 Å². The Kier molecular flexibility index (Phi) is 3.46. The first-order valence-electron chi connectivity index (χ1n) is 7.40. The van der Waals surface area contributed by atoms with Crippen molar-refractivity contribution in [3.8, 4) is 11.5 Å². The summed E-state index contributed by atoms with van der Waals surface area (Å²) in [5, 5.41) is 18.7. The van der Waals surface area contributed by atoms with Gasteiger partial charge in [0.1, 0.15) is 11.3 Å². The van der Waals surface area contributed by atoms with Gasteiger partial charge in [0.2, 0.25) is 0 Å². The third-order valence-corrected chi connectivity index (χ3v) is 3.73. The Morgan fingerprint density at radius 1 is 1.00 bits per heavy atom. The van der Waals surface area contributed by atoms with E-state index in [-0.39, 0.29) is 16.9 Å². The van der Waals surface area contributed by atoms with E-state index in [4.69, 9.17) is 13.6 Å². The number of hydrogen-bond donors (Lipinski definition) is 1. The molecule has 124 valence electrons. The molecule has 25 heavy (non-hydrogen) atoms. The Labute approximate surface area is 140 Å². The van der Waals surface area contributed by atoms with E-state index in [9.17, 15) is 9.90 Å². The number of nitrogens with zero attached hydrogens (tertiary/aromatic N) is 2. The quantitative estimate of drug-likeness (QED) is 0.433. The zero-order valence-corrected chi connectivity index (χ0v) is 13.1. The minimum Gasteiger partial charge on any atom is -0.502 e. The Hall–Kier alpha value is -3.61. The molecule has 2 aromatic heterocycles. The minimum absolute atomic E-state index is 0.0534. The van der Waals surface area contributed by atoms with Gasteiger partial charge in [-0.15, -0.1) is 10.2 Å². The van der Waals surface area contributed by atoms with Crippen LogP contribution in [0.25, 0.3) is 21.9 Å². The molecule has 0 amide bonds. The molecule has 0 radical (unpaired) electrons. The van der Waals surface area contributed by atoms with Crippen molar-refractivity contribution in [2.75, 3.05) is 7.11 Å². The maximum atomic E-state index is 12.1. The molecule has 7 heteroatoms. The molecule has 0 saturated carbocycles. The number of benzene rings is 2. The summed E-state index contributed by atoms with van der Waals surface area (Å²) in [4.78, 5) is 12.1. The number of para-hydroxylation sites is 1. The zero-order valence-electron chi connectivity index (χ0n) is 13.1. The summed E-state index contributed by atoms with van der Waals surface area (Å²) in [7, 11) is 1.57. The molecule has 0 aliphatic carbocycles. The highest BCUT2D eigenvalue weighted by Gasteiger charge is 2.20. The summed E-state index contributed by atoms with van der Waals surface area (Å²) in [6.45, 7) is 0. The number of furan rings is 1. The number of fused-ring (bicyclic) bond motifs is 3. The van der Waals surface area contributed by atoms with E-state index in [2.05, 4.69) is 10.2 Å². The van der Waals surface area contributed by atoms with Gasteiger partial charge in [0.25, 0.3) is 5.88 Å². The van der Waals surface area contributed by atoms with Crippen molar-refractivity contribution >= 4 is 33.5 Å². The van der Waals surface area contributed by atoms with E-state index in [0.717, 1.165) is 0 Å². The summed E-state index contributed by atoms with van der Waals surface area (Å²) in [5.74, 6) is 0.135. The molecule has 4 rings (SSSR count). The smallest absolute Gasteiger partial charge is 0.351 e. The highest BCUT2D eigenvalue weighted by molar-refractivity contribution is 6.04. The summed E-state index contributed by atoms with van der Waals surface area (Å²) < 4.78 is 15.8. The molecule has 2 heterocycles. The highest BCUT2D eigenvalue weighted by Crippen LogP contribution is 2.40. The molecule has 4 aromatic rings. The minimum atomic E-state index is -0.694. The molecular formula is C18H12N2O5. The van der Waals surface area contributed by atoms with Crippen molar-refractivity contribution in [2.45, 2.75) is 0 Å². The first-order valence-corrected chi connectivity index (χ1v) is 7.40. The van der Waals surface area contributed by atoms with Gasteiger partial charge in [0, 0.05) is 0 Å². The Bertz CT molecular complexity index is 1160. The number of methoxy groups -OCH3 is 1. The van der Waals surface area contributed by atoms with Gasteiger partial charge in [0.15, 0.2) is 16.7 Å². The van der Waals surface area contributed by atoms with Gasteiger partial charge in [-0.3, -0.25) is 0 Å². The van der Waals surface area contributed by atoms with Crippen molar-refractivity contribution in [2.24, 2.45) is 10.2 Å². The van der Waals surface area contributed by atoms with Gasteiger partial charge < -0.3 is 18.7 Å². The third kappa shape index (κ3) is 2.51. The predicted molar refractivity (Wildman–Crippen MR) is 91.1 cm³/mol. The zero-order chi connectivity index (χ0) is 17.4. The van der Waals surface area contributed by atoms with Crippen LogP contribution < -0.4 is 10.4 Å². The predicted octanol–water partition coefficient (Wildman–Crippen LogP) is 4.67. The van der Waals surface area contributed by atoms with Crippen LogP contribution in [0, 0.1) is 0 Å². The molecule has 0 fully saturated rings. The lowest BCUT2D eigenvalue weighted by Gasteiger charge is -1.97. The van der Waals surface area contributed by atoms with Gasteiger partial charge in [-0.05, 0) is 36.4 Å². The van der Waals surface area contributed by atoms with Crippen LogP contribution in [0.2, 0.25) is 0 Å². The topological polar surface area (TPSA) is 97.5 Å². The molecule has 0 bridgehead atoms. The van der Waals surface area contributed by atoms with Gasteiger partial charge >= 0.3 is 5.63 Å². The lowest BCUT2D eigenvalue weighted by atomic mass is 10.2. The second kappa shape index (κ2) is 5.79. The average molecular weight is 336 g/mol. The van der Waals surface area contributed by atoms with Crippen LogP contribution >= 0.6 is 0 Å². The highest BCUT2D eigenvalue weighted by atomic mass is 16.5. The molecule has 7 nitrogen and oxygen atoms in total. The molecule has 2 aromatic carbocycles. The molecule has 0 saturated heterocycles. The number of aromatic hydroxyl groups is 1. The van der Waals surface area contributed by atoms with Crippen LogP contribution in [-0.4, -0.2) is 12.2 Å². The summed E-state index contributed by atoms with van der Waals surface area (Å²) in [6.07, 6.45) is 0. The van der Waals surface area contributed by atoms with Crippen molar-refractivity contribution in [1.82, 2.24) is 0 Å². The van der Waals surface area contributed by atoms with Crippen LogP contribution in [-0.2, 0) is 0 Å². The first kappa shape index (κ1) is 14.9. The third-order valence-electron chi connectivity index (χ3n) is 3.73. The SMILES string of the molecule is COc1ccc(N=Nc2oc3c(c2O)c(=O)oc2ccccc23)cc1. The van der Waals surface area contributed by atoms with E-state index in [1.807, 2.05) is 0 Å². The van der Waals surface area contributed by atoms with Crippen molar-refractivity contribution < 1.29 is 18.7 Å². The summed E-state index contributed by atoms with van der Waals surface area (Å²) in [5.41, 5.74) is 0.429. The number of rotatable bonds is 3. The van der Waals surface area contributed by atoms with Gasteiger partial charge in [-0.2, -0.15) is 0 Å². The molecule has 0 unspecified atom stereocenters. The van der Waals surface area contributed by atoms with Crippen molar-refractivity contribution in [1.29, 1.82) is 0 Å². The number of ether oxygens (including phenoxy) is 1. The normalized spacial score (nSPS) is 11.6. The average Bonchev–Trinajstić information content (AvgIpc) is 2.98. The van der Waals surface area contributed by atoms with Gasteiger partial charge in [0.05, 0.1) is 18.2 Å². The number of hydrogen-bond acceptors (Lipinski definition) is 7. The van der Waals surface area contributed by atoms with Crippen LogP contribution in [0.15, 0.2) is 72.4 Å². The maximum Gasteiger partial charge on any atom is 0.351 e. The second-order valence-corrected chi connectivity index (χ2v) is 5.24. The van der Waals surface area contributed by atoms with Crippen LogP contribution in [0.4, 0.5) is 11.6 Å². The Morgan fingerprint density at radius 2 is 1.76 bits per heavy atom. The molecular weight excluding hydrogens is 324 g/mol. The fourth-order valence-electron chi connectivity index (χ4n) is 2.50. The van der Waals surface area contributed by atoms with E-state index < -0.39 is 11.4 Å². The molecule has 0 aliphatic rings. The Morgan fingerprint density at radius 3 is 2.52 bits per heavy atom. The van der Waals surface area contributed by atoms with E-state index >= 15 is 0 Å². The summed E-state index contributed by atoms with van der Waals surface area (Å²) >= 11 is 0. The number of azo groups is 1. The van der Waals surface area contributed by atoms with Crippen LogP contribution in [0.3, 0.4) is 0 Å². The lowest BCUT2D eigenvalue weighted by molar-refractivity contribution is 0.415. The van der Waals surface area contributed by atoms with E-state index in [1.165, 1.54) is 0 Å². The monoisotopic (exact) mass is 336 g/mol. The first-order chi connectivity index (χ1) is 12.2. The van der Waals surface area contributed by atoms with E-state index in [1.54, 1.807) is 55.6 Å². The second-order valence-electron chi connectivity index (χ2n) is 5.24. The maximum absolute atomic E-state index is 12.1. The fourth-order valence-corrected chi connectivity index (χ4v) is 2.50. The molecule has 0 aliphatic heterocycles. The van der Waals surface area contributed by atoms with Gasteiger partial charge in [-0.1, -0.05) is 12.1 Å². The van der Waals surface area contributed by atoms with Crippen LogP contribution in [0.1, 0.15) is 0 Å². The van der Waals surface area contributed by atoms with Crippen LogP contribution in [0.5, 0.6) is 11.5 Å². The largest absolute Gasteiger partial charge is 0.502 e.